The Hall–Kier alpha value is -1.56. The van der Waals surface area contributed by atoms with Crippen molar-refractivity contribution in [1.29, 1.82) is 0 Å². The molecule has 0 aliphatic carbocycles. The number of benzene rings is 2. The maximum atomic E-state index is 12.8. The molecule has 124 valence electrons. The molecular formula is C17H17ClF3NO. The van der Waals surface area contributed by atoms with Crippen LogP contribution in [0.4, 0.5) is 13.2 Å². The van der Waals surface area contributed by atoms with Crippen LogP contribution in [-0.2, 0) is 13.2 Å². The number of hydrogen-bond acceptors (Lipinski definition) is 2. The molecule has 2 rings (SSSR count). The summed E-state index contributed by atoms with van der Waals surface area (Å²) in [6, 6.07) is 12.6. The van der Waals surface area contributed by atoms with E-state index in [1.54, 1.807) is 48.5 Å². The van der Waals surface area contributed by atoms with Crippen molar-refractivity contribution in [1.82, 2.24) is 5.32 Å². The highest BCUT2D eigenvalue weighted by Crippen LogP contribution is 2.30. The van der Waals surface area contributed by atoms with Crippen LogP contribution in [0.1, 0.15) is 29.2 Å². The summed E-state index contributed by atoms with van der Waals surface area (Å²) in [7, 11) is 0. The van der Waals surface area contributed by atoms with E-state index in [9.17, 15) is 13.2 Å². The van der Waals surface area contributed by atoms with Gasteiger partial charge >= 0.3 is 6.18 Å². The molecule has 0 bridgehead atoms. The summed E-state index contributed by atoms with van der Waals surface area (Å²) >= 11 is 5.79. The second kappa shape index (κ2) is 7.81. The minimum absolute atomic E-state index is 0.0603. The highest BCUT2D eigenvalue weighted by atomic mass is 35.5. The lowest BCUT2D eigenvalue weighted by Crippen LogP contribution is -2.26. The Morgan fingerprint density at radius 2 is 1.52 bits per heavy atom. The van der Waals surface area contributed by atoms with Gasteiger partial charge < -0.3 is 10.4 Å². The lowest BCUT2D eigenvalue weighted by atomic mass is 10.0. The zero-order chi connectivity index (χ0) is 16.9. The van der Waals surface area contributed by atoms with E-state index in [4.69, 9.17) is 16.7 Å². The maximum absolute atomic E-state index is 12.8. The third-order valence-electron chi connectivity index (χ3n) is 3.47. The largest absolute Gasteiger partial charge is 0.392 e. The summed E-state index contributed by atoms with van der Waals surface area (Å²) in [5.74, 6) is 0. The van der Waals surface area contributed by atoms with Crippen molar-refractivity contribution in [3.63, 3.8) is 0 Å². The van der Waals surface area contributed by atoms with Crippen LogP contribution in [0.15, 0.2) is 48.5 Å². The van der Waals surface area contributed by atoms with Crippen molar-refractivity contribution in [3.05, 3.63) is 70.2 Å². The van der Waals surface area contributed by atoms with E-state index in [0.717, 1.165) is 11.1 Å². The minimum atomic E-state index is -4.27. The van der Waals surface area contributed by atoms with Gasteiger partial charge in [-0.3, -0.25) is 0 Å². The van der Waals surface area contributed by atoms with Gasteiger partial charge in [-0.25, -0.2) is 0 Å². The fourth-order valence-corrected chi connectivity index (χ4v) is 2.36. The number of aliphatic hydroxyl groups is 1. The highest BCUT2D eigenvalue weighted by molar-refractivity contribution is 6.30. The molecule has 0 aliphatic heterocycles. The van der Waals surface area contributed by atoms with Crippen LogP contribution < -0.4 is 5.32 Å². The van der Waals surface area contributed by atoms with Crippen LogP contribution in [0.5, 0.6) is 0 Å². The van der Waals surface area contributed by atoms with Gasteiger partial charge in [-0.15, -0.1) is 0 Å². The molecule has 0 saturated heterocycles. The van der Waals surface area contributed by atoms with Gasteiger partial charge in [-0.2, -0.15) is 13.2 Å². The fourth-order valence-electron chi connectivity index (χ4n) is 2.24. The Bertz CT molecular complexity index is 611. The van der Waals surface area contributed by atoms with Gasteiger partial charge in [0.05, 0.1) is 13.0 Å². The van der Waals surface area contributed by atoms with Crippen molar-refractivity contribution >= 4 is 11.6 Å². The third kappa shape index (κ3) is 5.86. The standard InChI is InChI=1S/C17H17ClF3NO/c18-15-7-5-14(6-8-15)16(9-17(19,20)21)22-10-12-1-3-13(11-23)4-2-12/h1-8,16,22-23H,9-11H2. The molecule has 0 amide bonds. The molecule has 0 saturated carbocycles. The number of alkyl halides is 3. The minimum Gasteiger partial charge on any atom is -0.392 e. The third-order valence-corrected chi connectivity index (χ3v) is 3.72. The van der Waals surface area contributed by atoms with E-state index in [1.165, 1.54) is 0 Å². The van der Waals surface area contributed by atoms with Gasteiger partial charge in [-0.05, 0) is 28.8 Å². The summed E-state index contributed by atoms with van der Waals surface area (Å²) < 4.78 is 38.4. The van der Waals surface area contributed by atoms with Crippen LogP contribution in [0.2, 0.25) is 5.02 Å². The molecule has 2 aromatic carbocycles. The lowest BCUT2D eigenvalue weighted by molar-refractivity contribution is -0.140. The maximum Gasteiger partial charge on any atom is 0.390 e. The Labute approximate surface area is 137 Å². The number of halogens is 4. The molecule has 23 heavy (non-hydrogen) atoms. The van der Waals surface area contributed by atoms with Gasteiger partial charge in [-0.1, -0.05) is 48.0 Å². The summed E-state index contributed by atoms with van der Waals surface area (Å²) in [5.41, 5.74) is 2.15. The molecule has 1 atom stereocenters. The first-order valence-corrected chi connectivity index (χ1v) is 7.49. The van der Waals surface area contributed by atoms with Crippen molar-refractivity contribution in [2.75, 3.05) is 0 Å². The van der Waals surface area contributed by atoms with Crippen LogP contribution in [0.3, 0.4) is 0 Å². The van der Waals surface area contributed by atoms with Gasteiger partial charge in [0.1, 0.15) is 0 Å². The average molecular weight is 344 g/mol. The zero-order valence-corrected chi connectivity index (χ0v) is 13.0. The molecule has 0 heterocycles. The first-order chi connectivity index (χ1) is 10.9. The number of hydrogen-bond donors (Lipinski definition) is 2. The van der Waals surface area contributed by atoms with E-state index in [1.807, 2.05) is 0 Å². The number of rotatable bonds is 6. The molecular weight excluding hydrogens is 327 g/mol. The van der Waals surface area contributed by atoms with Crippen LogP contribution in [-0.4, -0.2) is 11.3 Å². The Kier molecular flexibility index (Phi) is 6.04. The zero-order valence-electron chi connectivity index (χ0n) is 12.3. The molecule has 0 aromatic heterocycles. The second-order valence-electron chi connectivity index (χ2n) is 5.28. The molecule has 6 heteroatoms. The van der Waals surface area contributed by atoms with Gasteiger partial charge in [0.2, 0.25) is 0 Å². The summed E-state index contributed by atoms with van der Waals surface area (Å²) in [4.78, 5) is 0. The van der Waals surface area contributed by atoms with Gasteiger partial charge in [0.15, 0.2) is 0 Å². The Balaban J connectivity index is 2.08. The summed E-state index contributed by atoms with van der Waals surface area (Å²) in [6.07, 6.45) is -5.22. The van der Waals surface area contributed by atoms with Crippen molar-refractivity contribution in [2.24, 2.45) is 0 Å². The quantitative estimate of drug-likeness (QED) is 0.802. The normalized spacial score (nSPS) is 13.1. The van der Waals surface area contributed by atoms with Gasteiger partial charge in [0, 0.05) is 17.6 Å². The Morgan fingerprint density at radius 1 is 0.957 bits per heavy atom. The SMILES string of the molecule is OCc1ccc(CNC(CC(F)(F)F)c2ccc(Cl)cc2)cc1. The van der Waals surface area contributed by atoms with E-state index in [-0.39, 0.29) is 6.61 Å². The first kappa shape index (κ1) is 17.8. The predicted octanol–water partition coefficient (Wildman–Crippen LogP) is 4.62. The number of aliphatic hydroxyl groups excluding tert-OH is 1. The second-order valence-corrected chi connectivity index (χ2v) is 5.72. The molecule has 0 radical (unpaired) electrons. The molecule has 2 aromatic rings. The molecule has 0 aliphatic rings. The van der Waals surface area contributed by atoms with Crippen molar-refractivity contribution in [2.45, 2.75) is 31.8 Å². The monoisotopic (exact) mass is 343 g/mol. The fraction of sp³-hybridized carbons (Fsp3) is 0.294. The molecule has 0 spiro atoms. The summed E-state index contributed by atoms with van der Waals surface area (Å²) in [6.45, 7) is 0.240. The van der Waals surface area contributed by atoms with Crippen molar-refractivity contribution in [3.8, 4) is 0 Å². The molecule has 2 nitrogen and oxygen atoms in total. The van der Waals surface area contributed by atoms with E-state index in [0.29, 0.717) is 17.1 Å². The molecule has 1 unspecified atom stereocenters. The van der Waals surface area contributed by atoms with Crippen LogP contribution >= 0.6 is 11.6 Å². The molecule has 2 N–H and O–H groups in total. The van der Waals surface area contributed by atoms with Crippen LogP contribution in [0, 0.1) is 0 Å². The lowest BCUT2D eigenvalue weighted by Gasteiger charge is -2.21. The van der Waals surface area contributed by atoms with Crippen LogP contribution in [0.25, 0.3) is 0 Å². The Morgan fingerprint density at radius 3 is 2.04 bits per heavy atom. The van der Waals surface area contributed by atoms with Gasteiger partial charge in [0.25, 0.3) is 0 Å². The summed E-state index contributed by atoms with van der Waals surface area (Å²) in [5, 5.41) is 12.4. The topological polar surface area (TPSA) is 32.3 Å². The highest BCUT2D eigenvalue weighted by Gasteiger charge is 2.32. The molecule has 0 fully saturated rings. The first-order valence-electron chi connectivity index (χ1n) is 7.11. The van der Waals surface area contributed by atoms with E-state index < -0.39 is 18.6 Å². The van der Waals surface area contributed by atoms with E-state index in [2.05, 4.69) is 5.32 Å². The predicted molar refractivity (Wildman–Crippen MR) is 84.1 cm³/mol. The van der Waals surface area contributed by atoms with E-state index >= 15 is 0 Å². The number of nitrogens with one attached hydrogen (secondary N) is 1. The van der Waals surface area contributed by atoms with Crippen molar-refractivity contribution < 1.29 is 18.3 Å². The average Bonchev–Trinajstić information content (AvgIpc) is 2.52. The smallest absolute Gasteiger partial charge is 0.390 e.